The van der Waals surface area contributed by atoms with Crippen molar-refractivity contribution in [2.45, 2.75) is 6.92 Å². The molecule has 0 aliphatic heterocycles. The summed E-state index contributed by atoms with van der Waals surface area (Å²) in [5, 5.41) is 0.513. The molecular formula is C13H11ClFN. The Morgan fingerprint density at radius 1 is 1.06 bits per heavy atom. The first-order valence-corrected chi connectivity index (χ1v) is 5.27. The third-order valence-electron chi connectivity index (χ3n) is 2.49. The second kappa shape index (κ2) is 4.14. The third-order valence-corrected chi connectivity index (χ3v) is 2.82. The highest BCUT2D eigenvalue weighted by atomic mass is 35.5. The Morgan fingerprint density at radius 3 is 2.31 bits per heavy atom. The number of rotatable bonds is 1. The summed E-state index contributed by atoms with van der Waals surface area (Å²) in [6.07, 6.45) is 0. The highest BCUT2D eigenvalue weighted by molar-refractivity contribution is 6.33. The van der Waals surface area contributed by atoms with Crippen molar-refractivity contribution in [3.63, 3.8) is 0 Å². The Kier molecular flexibility index (Phi) is 2.84. The van der Waals surface area contributed by atoms with Crippen LogP contribution in [0.1, 0.15) is 5.56 Å². The molecule has 2 N–H and O–H groups in total. The highest BCUT2D eigenvalue weighted by Gasteiger charge is 2.03. The van der Waals surface area contributed by atoms with Crippen LogP contribution in [0.4, 0.5) is 10.1 Å². The van der Waals surface area contributed by atoms with Crippen molar-refractivity contribution in [3.8, 4) is 11.1 Å². The maximum absolute atomic E-state index is 13.1. The Morgan fingerprint density at radius 2 is 1.69 bits per heavy atom. The van der Waals surface area contributed by atoms with E-state index in [1.54, 1.807) is 31.2 Å². The first-order chi connectivity index (χ1) is 7.58. The standard InChI is InChI=1S/C13H11ClFN/c1-8-6-9(2-4-12(8)15)10-3-5-13(16)11(14)7-10/h2-7H,16H2,1H3. The van der Waals surface area contributed by atoms with E-state index in [0.29, 0.717) is 16.3 Å². The van der Waals surface area contributed by atoms with Gasteiger partial charge in [-0.2, -0.15) is 0 Å². The molecule has 0 aliphatic rings. The third kappa shape index (κ3) is 2.02. The SMILES string of the molecule is Cc1cc(-c2ccc(N)c(Cl)c2)ccc1F. The van der Waals surface area contributed by atoms with Crippen molar-refractivity contribution >= 4 is 17.3 Å². The van der Waals surface area contributed by atoms with Gasteiger partial charge >= 0.3 is 0 Å². The van der Waals surface area contributed by atoms with Crippen molar-refractivity contribution in [3.05, 3.63) is 52.8 Å². The normalized spacial score (nSPS) is 10.4. The number of nitrogen functional groups attached to an aromatic ring is 1. The van der Waals surface area contributed by atoms with Gasteiger partial charge < -0.3 is 5.73 Å². The molecule has 0 bridgehead atoms. The van der Waals surface area contributed by atoms with Gasteiger partial charge in [0.05, 0.1) is 10.7 Å². The molecule has 0 atom stereocenters. The van der Waals surface area contributed by atoms with Crippen LogP contribution < -0.4 is 5.73 Å². The molecule has 1 nitrogen and oxygen atoms in total. The molecule has 0 radical (unpaired) electrons. The Bertz CT molecular complexity index is 488. The quantitative estimate of drug-likeness (QED) is 0.742. The van der Waals surface area contributed by atoms with E-state index in [2.05, 4.69) is 0 Å². The molecule has 0 fully saturated rings. The maximum atomic E-state index is 13.1. The number of anilines is 1. The molecule has 0 unspecified atom stereocenters. The van der Waals surface area contributed by atoms with Crippen molar-refractivity contribution in [2.24, 2.45) is 0 Å². The van der Waals surface area contributed by atoms with Crippen LogP contribution in [-0.4, -0.2) is 0 Å². The zero-order chi connectivity index (χ0) is 11.7. The molecule has 0 aromatic heterocycles. The molecule has 0 amide bonds. The molecular weight excluding hydrogens is 225 g/mol. The van der Waals surface area contributed by atoms with Crippen LogP contribution in [0.5, 0.6) is 0 Å². The van der Waals surface area contributed by atoms with Crippen molar-refractivity contribution in [1.29, 1.82) is 0 Å². The molecule has 82 valence electrons. The fraction of sp³-hybridized carbons (Fsp3) is 0.0769. The average Bonchev–Trinajstić information content (AvgIpc) is 2.26. The van der Waals surface area contributed by atoms with Gasteiger partial charge in [-0.25, -0.2) is 4.39 Å². The topological polar surface area (TPSA) is 26.0 Å². The van der Waals surface area contributed by atoms with Crippen LogP contribution in [0.3, 0.4) is 0 Å². The summed E-state index contributed by atoms with van der Waals surface area (Å²) in [4.78, 5) is 0. The summed E-state index contributed by atoms with van der Waals surface area (Å²) >= 11 is 5.94. The van der Waals surface area contributed by atoms with Gasteiger partial charge in [-0.05, 0) is 47.9 Å². The predicted octanol–water partition coefficient (Wildman–Crippen LogP) is 4.04. The van der Waals surface area contributed by atoms with Gasteiger partial charge in [0.15, 0.2) is 0 Å². The average molecular weight is 236 g/mol. The Hall–Kier alpha value is -1.54. The van der Waals surface area contributed by atoms with Gasteiger partial charge in [0.2, 0.25) is 0 Å². The van der Waals surface area contributed by atoms with Crippen LogP contribution in [-0.2, 0) is 0 Å². The molecule has 3 heteroatoms. The zero-order valence-electron chi connectivity index (χ0n) is 8.80. The summed E-state index contributed by atoms with van der Waals surface area (Å²) in [6.45, 7) is 1.73. The first kappa shape index (κ1) is 11.0. The Labute approximate surface area is 98.7 Å². The number of hydrogen-bond donors (Lipinski definition) is 1. The van der Waals surface area contributed by atoms with Gasteiger partial charge in [0.1, 0.15) is 5.82 Å². The van der Waals surface area contributed by atoms with Gasteiger partial charge in [-0.15, -0.1) is 0 Å². The predicted molar refractivity (Wildman–Crippen MR) is 66.0 cm³/mol. The molecule has 2 aromatic carbocycles. The van der Waals surface area contributed by atoms with Gasteiger partial charge in [0.25, 0.3) is 0 Å². The molecule has 0 spiro atoms. The fourth-order valence-electron chi connectivity index (χ4n) is 1.53. The minimum Gasteiger partial charge on any atom is -0.398 e. The minimum absolute atomic E-state index is 0.203. The summed E-state index contributed by atoms with van der Waals surface area (Å²) in [6, 6.07) is 10.4. The molecule has 2 aromatic rings. The monoisotopic (exact) mass is 235 g/mol. The van der Waals surface area contributed by atoms with Gasteiger partial charge in [-0.3, -0.25) is 0 Å². The van der Waals surface area contributed by atoms with Crippen LogP contribution in [0.15, 0.2) is 36.4 Å². The highest BCUT2D eigenvalue weighted by Crippen LogP contribution is 2.27. The van der Waals surface area contributed by atoms with Crippen molar-refractivity contribution in [1.82, 2.24) is 0 Å². The van der Waals surface area contributed by atoms with Crippen LogP contribution in [0.25, 0.3) is 11.1 Å². The van der Waals surface area contributed by atoms with Gasteiger partial charge in [0, 0.05) is 0 Å². The summed E-state index contributed by atoms with van der Waals surface area (Å²) < 4.78 is 13.1. The Balaban J connectivity index is 2.50. The smallest absolute Gasteiger partial charge is 0.126 e. The van der Waals surface area contributed by atoms with E-state index in [1.165, 1.54) is 6.07 Å². The minimum atomic E-state index is -0.203. The van der Waals surface area contributed by atoms with E-state index in [1.807, 2.05) is 6.07 Å². The lowest BCUT2D eigenvalue weighted by Gasteiger charge is -2.05. The zero-order valence-corrected chi connectivity index (χ0v) is 9.55. The molecule has 0 saturated carbocycles. The van der Waals surface area contributed by atoms with E-state index in [0.717, 1.165) is 11.1 Å². The summed E-state index contributed by atoms with van der Waals surface area (Å²) in [5.74, 6) is -0.203. The number of nitrogens with two attached hydrogens (primary N) is 1. The first-order valence-electron chi connectivity index (χ1n) is 4.89. The molecule has 16 heavy (non-hydrogen) atoms. The lowest BCUT2D eigenvalue weighted by molar-refractivity contribution is 0.619. The molecule has 0 aliphatic carbocycles. The largest absolute Gasteiger partial charge is 0.398 e. The molecule has 2 rings (SSSR count). The second-order valence-electron chi connectivity index (χ2n) is 3.70. The summed E-state index contributed by atoms with van der Waals surface area (Å²) in [5.41, 5.74) is 8.65. The molecule has 0 heterocycles. The van der Waals surface area contributed by atoms with E-state index in [4.69, 9.17) is 17.3 Å². The van der Waals surface area contributed by atoms with E-state index in [-0.39, 0.29) is 5.82 Å². The van der Waals surface area contributed by atoms with Crippen LogP contribution in [0, 0.1) is 12.7 Å². The lowest BCUT2D eigenvalue weighted by Crippen LogP contribution is -1.88. The van der Waals surface area contributed by atoms with E-state index in [9.17, 15) is 4.39 Å². The summed E-state index contributed by atoms with van der Waals surface area (Å²) in [7, 11) is 0. The fourth-order valence-corrected chi connectivity index (χ4v) is 1.71. The van der Waals surface area contributed by atoms with Crippen molar-refractivity contribution < 1.29 is 4.39 Å². The molecule has 0 saturated heterocycles. The lowest BCUT2D eigenvalue weighted by atomic mass is 10.0. The van der Waals surface area contributed by atoms with Crippen molar-refractivity contribution in [2.75, 3.05) is 5.73 Å². The van der Waals surface area contributed by atoms with Crippen LogP contribution >= 0.6 is 11.6 Å². The van der Waals surface area contributed by atoms with E-state index < -0.39 is 0 Å². The van der Waals surface area contributed by atoms with Gasteiger partial charge in [-0.1, -0.05) is 23.7 Å². The number of aryl methyl sites for hydroxylation is 1. The van der Waals surface area contributed by atoms with E-state index >= 15 is 0 Å². The number of halogens is 2. The number of hydrogen-bond acceptors (Lipinski definition) is 1. The number of benzene rings is 2. The van der Waals surface area contributed by atoms with Crippen LogP contribution in [0.2, 0.25) is 5.02 Å². The second-order valence-corrected chi connectivity index (χ2v) is 4.11. The maximum Gasteiger partial charge on any atom is 0.126 e.